The number of likely N-dealkylation sites (N-methyl/N-ethyl adjacent to an activating group) is 1. The molecule has 0 amide bonds. The van der Waals surface area contributed by atoms with Gasteiger partial charge in [-0.3, -0.25) is 0 Å². The predicted molar refractivity (Wildman–Crippen MR) is 83.9 cm³/mol. The molecule has 0 aromatic heterocycles. The molecule has 4 heteroatoms. The topological polar surface area (TPSA) is 39.7 Å². The van der Waals surface area contributed by atoms with Crippen LogP contribution in [-0.4, -0.2) is 39.1 Å². The molecule has 1 aliphatic rings. The molecule has 118 valence electrons. The second kappa shape index (κ2) is 7.78. The van der Waals surface area contributed by atoms with Crippen molar-refractivity contribution in [1.29, 1.82) is 0 Å². The van der Waals surface area contributed by atoms with Crippen LogP contribution < -0.4 is 10.1 Å². The summed E-state index contributed by atoms with van der Waals surface area (Å²) in [6.45, 7) is 8.40. The molecular formula is C17H27NO3. The molecule has 0 fully saturated rings. The lowest BCUT2D eigenvalue weighted by atomic mass is 10.1. The second-order valence-electron chi connectivity index (χ2n) is 5.63. The van der Waals surface area contributed by atoms with Crippen molar-refractivity contribution in [2.75, 3.05) is 26.9 Å². The fourth-order valence-electron chi connectivity index (χ4n) is 2.81. The average Bonchev–Trinajstić information content (AvgIpc) is 2.81. The molecule has 4 nitrogen and oxygen atoms in total. The Kier molecular flexibility index (Phi) is 6.03. The van der Waals surface area contributed by atoms with Crippen LogP contribution in [-0.2, 0) is 15.9 Å². The molecular weight excluding hydrogens is 266 g/mol. The van der Waals surface area contributed by atoms with Gasteiger partial charge in [0.1, 0.15) is 5.75 Å². The van der Waals surface area contributed by atoms with Gasteiger partial charge in [0, 0.05) is 6.42 Å². The molecule has 1 aromatic rings. The van der Waals surface area contributed by atoms with E-state index in [1.807, 2.05) is 19.9 Å². The Bertz CT molecular complexity index is 448. The minimum absolute atomic E-state index is 0.169. The Morgan fingerprint density at radius 3 is 2.76 bits per heavy atom. The van der Waals surface area contributed by atoms with Crippen LogP contribution in [0.1, 0.15) is 37.9 Å². The summed E-state index contributed by atoms with van der Waals surface area (Å²) in [7, 11) is 1.70. The van der Waals surface area contributed by atoms with Gasteiger partial charge in [0.05, 0.1) is 38.6 Å². The Hall–Kier alpha value is -1.10. The molecule has 21 heavy (non-hydrogen) atoms. The van der Waals surface area contributed by atoms with Gasteiger partial charge in [-0.25, -0.2) is 0 Å². The van der Waals surface area contributed by atoms with Gasteiger partial charge in [-0.2, -0.15) is 0 Å². The zero-order valence-corrected chi connectivity index (χ0v) is 13.5. The number of ether oxygens (including phenoxy) is 3. The summed E-state index contributed by atoms with van der Waals surface area (Å²) >= 11 is 0. The van der Waals surface area contributed by atoms with E-state index in [1.165, 1.54) is 11.1 Å². The Balaban J connectivity index is 1.99. The lowest BCUT2D eigenvalue weighted by Gasteiger charge is -2.22. The van der Waals surface area contributed by atoms with Crippen LogP contribution in [0.3, 0.4) is 0 Å². The Labute approximate surface area is 127 Å². The summed E-state index contributed by atoms with van der Waals surface area (Å²) in [5.41, 5.74) is 2.64. The van der Waals surface area contributed by atoms with Crippen LogP contribution in [0, 0.1) is 0 Å². The van der Waals surface area contributed by atoms with Crippen molar-refractivity contribution in [2.45, 2.75) is 45.4 Å². The van der Waals surface area contributed by atoms with E-state index >= 15 is 0 Å². The normalized spacial score (nSPS) is 20.8. The van der Waals surface area contributed by atoms with Crippen LogP contribution in [0.5, 0.6) is 5.75 Å². The zero-order valence-electron chi connectivity index (χ0n) is 13.5. The minimum atomic E-state index is 0.169. The number of rotatable bonds is 8. The molecule has 0 spiro atoms. The lowest BCUT2D eigenvalue weighted by molar-refractivity contribution is -0.0207. The summed E-state index contributed by atoms with van der Waals surface area (Å²) in [4.78, 5) is 0. The van der Waals surface area contributed by atoms with E-state index in [2.05, 4.69) is 24.4 Å². The standard InChI is InChI=1S/C17H27NO3/c1-5-18-17-15-11-14(19-4)7-6-13(15)10-16(17)21-9-8-20-12(2)3/h6-7,11-12,16-18H,5,8-10H2,1-4H3. The Morgan fingerprint density at radius 2 is 2.10 bits per heavy atom. The molecule has 0 bridgehead atoms. The first-order valence-corrected chi connectivity index (χ1v) is 7.79. The van der Waals surface area contributed by atoms with Crippen LogP contribution >= 0.6 is 0 Å². The van der Waals surface area contributed by atoms with E-state index in [0.29, 0.717) is 13.2 Å². The highest BCUT2D eigenvalue weighted by atomic mass is 16.5. The summed E-state index contributed by atoms with van der Waals surface area (Å²) in [5, 5.41) is 3.53. The highest BCUT2D eigenvalue weighted by Gasteiger charge is 2.32. The van der Waals surface area contributed by atoms with Gasteiger partial charge < -0.3 is 19.5 Å². The van der Waals surface area contributed by atoms with Crippen LogP contribution in [0.4, 0.5) is 0 Å². The molecule has 2 unspecified atom stereocenters. The fraction of sp³-hybridized carbons (Fsp3) is 0.647. The maximum atomic E-state index is 6.05. The molecule has 1 aromatic carbocycles. The van der Waals surface area contributed by atoms with Gasteiger partial charge in [0.2, 0.25) is 0 Å². The third kappa shape index (κ3) is 4.19. The van der Waals surface area contributed by atoms with Gasteiger partial charge in [0.15, 0.2) is 0 Å². The molecule has 0 saturated carbocycles. The monoisotopic (exact) mass is 293 g/mol. The molecule has 0 saturated heterocycles. The highest BCUT2D eigenvalue weighted by molar-refractivity contribution is 5.42. The number of methoxy groups -OCH3 is 1. The second-order valence-corrected chi connectivity index (χ2v) is 5.63. The van der Waals surface area contributed by atoms with Crippen LogP contribution in [0.25, 0.3) is 0 Å². The number of fused-ring (bicyclic) bond motifs is 1. The molecule has 2 rings (SSSR count). The van der Waals surface area contributed by atoms with E-state index in [1.54, 1.807) is 7.11 Å². The third-order valence-electron chi connectivity index (χ3n) is 3.77. The van der Waals surface area contributed by atoms with Gasteiger partial charge in [-0.05, 0) is 43.7 Å². The average molecular weight is 293 g/mol. The smallest absolute Gasteiger partial charge is 0.119 e. The number of hydrogen-bond acceptors (Lipinski definition) is 4. The molecule has 0 radical (unpaired) electrons. The van der Waals surface area contributed by atoms with E-state index in [4.69, 9.17) is 14.2 Å². The van der Waals surface area contributed by atoms with Crippen LogP contribution in [0.15, 0.2) is 18.2 Å². The summed E-state index contributed by atoms with van der Waals surface area (Å²) < 4.78 is 16.9. The fourth-order valence-corrected chi connectivity index (χ4v) is 2.81. The van der Waals surface area contributed by atoms with Crippen molar-refractivity contribution in [2.24, 2.45) is 0 Å². The third-order valence-corrected chi connectivity index (χ3v) is 3.77. The Morgan fingerprint density at radius 1 is 1.29 bits per heavy atom. The first-order chi connectivity index (χ1) is 10.2. The summed E-state index contributed by atoms with van der Waals surface area (Å²) in [6.07, 6.45) is 1.37. The summed E-state index contributed by atoms with van der Waals surface area (Å²) in [5.74, 6) is 0.903. The quantitative estimate of drug-likeness (QED) is 0.748. The van der Waals surface area contributed by atoms with Crippen molar-refractivity contribution < 1.29 is 14.2 Å². The minimum Gasteiger partial charge on any atom is -0.497 e. The maximum Gasteiger partial charge on any atom is 0.119 e. The van der Waals surface area contributed by atoms with Crippen molar-refractivity contribution in [3.63, 3.8) is 0 Å². The number of hydrogen-bond donors (Lipinski definition) is 1. The molecule has 1 N–H and O–H groups in total. The largest absolute Gasteiger partial charge is 0.497 e. The van der Waals surface area contributed by atoms with E-state index in [0.717, 1.165) is 18.7 Å². The first kappa shape index (κ1) is 16.3. The van der Waals surface area contributed by atoms with Crippen molar-refractivity contribution in [1.82, 2.24) is 5.32 Å². The summed E-state index contributed by atoms with van der Waals surface area (Å²) in [6, 6.07) is 6.52. The number of nitrogens with one attached hydrogen (secondary N) is 1. The molecule has 0 heterocycles. The van der Waals surface area contributed by atoms with Gasteiger partial charge >= 0.3 is 0 Å². The maximum absolute atomic E-state index is 6.05. The van der Waals surface area contributed by atoms with Gasteiger partial charge in [-0.1, -0.05) is 13.0 Å². The van der Waals surface area contributed by atoms with Gasteiger partial charge in [-0.15, -0.1) is 0 Å². The molecule has 2 atom stereocenters. The van der Waals surface area contributed by atoms with Gasteiger partial charge in [0.25, 0.3) is 0 Å². The molecule has 1 aliphatic carbocycles. The first-order valence-electron chi connectivity index (χ1n) is 7.79. The van der Waals surface area contributed by atoms with Crippen molar-refractivity contribution >= 4 is 0 Å². The molecule has 0 aliphatic heterocycles. The highest BCUT2D eigenvalue weighted by Crippen LogP contribution is 2.35. The van der Waals surface area contributed by atoms with Crippen LogP contribution in [0.2, 0.25) is 0 Å². The number of benzene rings is 1. The van der Waals surface area contributed by atoms with Crippen molar-refractivity contribution in [3.8, 4) is 5.75 Å². The van der Waals surface area contributed by atoms with E-state index in [9.17, 15) is 0 Å². The lowest BCUT2D eigenvalue weighted by Crippen LogP contribution is -2.31. The van der Waals surface area contributed by atoms with E-state index in [-0.39, 0.29) is 18.2 Å². The SMILES string of the molecule is CCNC1c2cc(OC)ccc2CC1OCCOC(C)C. The van der Waals surface area contributed by atoms with E-state index < -0.39 is 0 Å². The van der Waals surface area contributed by atoms with Crippen molar-refractivity contribution in [3.05, 3.63) is 29.3 Å². The zero-order chi connectivity index (χ0) is 15.2. The predicted octanol–water partition coefficient (Wildman–Crippen LogP) is 2.71.